The Kier molecular flexibility index (Phi) is 5.03. The molecule has 0 aliphatic heterocycles. The highest BCUT2D eigenvalue weighted by Gasteiger charge is 2.08. The van der Waals surface area contributed by atoms with Crippen LogP contribution in [0.3, 0.4) is 0 Å². The zero-order valence-electron chi connectivity index (χ0n) is 10.5. The monoisotopic (exact) mass is 312 g/mol. The lowest BCUT2D eigenvalue weighted by Crippen LogP contribution is -2.01. The maximum atomic E-state index is 12.2. The Labute approximate surface area is 126 Å². The Bertz CT molecular complexity index is 611. The molecule has 0 saturated carbocycles. The van der Waals surface area contributed by atoms with Crippen LogP contribution in [0.2, 0.25) is 10.0 Å². The van der Waals surface area contributed by atoms with E-state index >= 15 is 0 Å². The van der Waals surface area contributed by atoms with Crippen LogP contribution >= 0.6 is 23.2 Å². The highest BCUT2D eigenvalue weighted by atomic mass is 35.5. The summed E-state index contributed by atoms with van der Waals surface area (Å²) in [5.41, 5.74) is 3.15. The molecule has 0 unspecified atom stereocenters. The first-order valence-corrected chi connectivity index (χ1v) is 8.14. The molecule has 19 heavy (non-hydrogen) atoms. The van der Waals surface area contributed by atoms with Gasteiger partial charge in [-0.3, -0.25) is 4.21 Å². The van der Waals surface area contributed by atoms with Gasteiger partial charge in [0.05, 0.1) is 5.75 Å². The zero-order valence-corrected chi connectivity index (χ0v) is 12.9. The summed E-state index contributed by atoms with van der Waals surface area (Å²) in [5.74, 6) is 0.996. The molecular formula is C15H14Cl2OS. The van der Waals surface area contributed by atoms with Gasteiger partial charge in [-0.1, -0.05) is 53.5 Å². The maximum absolute atomic E-state index is 12.2. The summed E-state index contributed by atoms with van der Waals surface area (Å²) in [4.78, 5) is 0. The molecule has 0 radical (unpaired) electrons. The van der Waals surface area contributed by atoms with Gasteiger partial charge in [0, 0.05) is 26.6 Å². The van der Waals surface area contributed by atoms with Crippen molar-refractivity contribution in [1.82, 2.24) is 0 Å². The van der Waals surface area contributed by atoms with Crippen molar-refractivity contribution >= 4 is 34.0 Å². The van der Waals surface area contributed by atoms with Crippen LogP contribution in [0, 0.1) is 6.92 Å². The minimum atomic E-state index is -0.977. The fourth-order valence-corrected chi connectivity index (χ4v) is 3.73. The lowest BCUT2D eigenvalue weighted by Gasteiger charge is -2.07. The number of hydrogen-bond acceptors (Lipinski definition) is 1. The summed E-state index contributed by atoms with van der Waals surface area (Å²) in [7, 11) is -0.977. The summed E-state index contributed by atoms with van der Waals surface area (Å²) in [5, 5.41) is 1.17. The van der Waals surface area contributed by atoms with Crippen LogP contribution in [0.15, 0.2) is 42.5 Å². The Morgan fingerprint density at radius 3 is 2.37 bits per heavy atom. The van der Waals surface area contributed by atoms with Crippen molar-refractivity contribution in [3.05, 3.63) is 69.2 Å². The van der Waals surface area contributed by atoms with Crippen molar-refractivity contribution in [1.29, 1.82) is 0 Å². The fraction of sp³-hybridized carbons (Fsp3) is 0.200. The van der Waals surface area contributed by atoms with E-state index in [0.717, 1.165) is 16.7 Å². The molecule has 4 heteroatoms. The third-order valence-corrected chi connectivity index (χ3v) is 4.76. The molecule has 0 spiro atoms. The van der Waals surface area contributed by atoms with Gasteiger partial charge in [0.25, 0.3) is 0 Å². The first kappa shape index (κ1) is 14.6. The molecule has 0 amide bonds. The molecule has 0 aliphatic carbocycles. The van der Waals surface area contributed by atoms with Crippen LogP contribution < -0.4 is 0 Å². The van der Waals surface area contributed by atoms with E-state index in [1.165, 1.54) is 0 Å². The quantitative estimate of drug-likeness (QED) is 0.796. The molecule has 1 atom stereocenters. The Balaban J connectivity index is 2.08. The fourth-order valence-electron chi connectivity index (χ4n) is 1.81. The van der Waals surface area contributed by atoms with E-state index in [9.17, 15) is 4.21 Å². The minimum Gasteiger partial charge on any atom is -0.259 e. The smallest absolute Gasteiger partial charge is 0.0503 e. The molecule has 2 aromatic carbocycles. The Hall–Kier alpha value is -0.830. The standard InChI is InChI=1S/C15H14Cl2OS/c1-11-4-2-3-5-12(11)9-19(18)10-13-6-7-14(16)8-15(13)17/h2-8H,9-10H2,1H3/t19-/m1/s1. The molecule has 2 rings (SSSR count). The first-order valence-electron chi connectivity index (χ1n) is 5.89. The zero-order chi connectivity index (χ0) is 13.8. The largest absolute Gasteiger partial charge is 0.259 e. The summed E-state index contributed by atoms with van der Waals surface area (Å²) in [6.45, 7) is 2.03. The molecule has 0 bridgehead atoms. The van der Waals surface area contributed by atoms with Crippen molar-refractivity contribution < 1.29 is 4.21 Å². The maximum Gasteiger partial charge on any atom is 0.0503 e. The number of rotatable bonds is 4. The van der Waals surface area contributed by atoms with Gasteiger partial charge in [0.1, 0.15) is 0 Å². The van der Waals surface area contributed by atoms with E-state index in [1.807, 2.05) is 37.3 Å². The van der Waals surface area contributed by atoms with E-state index < -0.39 is 10.8 Å². The van der Waals surface area contributed by atoms with Crippen LogP contribution in [-0.4, -0.2) is 4.21 Å². The average molecular weight is 313 g/mol. The highest BCUT2D eigenvalue weighted by Crippen LogP contribution is 2.23. The second-order valence-corrected chi connectivity index (χ2v) is 6.69. The molecule has 1 nitrogen and oxygen atoms in total. The predicted molar refractivity (Wildman–Crippen MR) is 83.2 cm³/mol. The minimum absolute atomic E-state index is 0.449. The molecule has 2 aromatic rings. The summed E-state index contributed by atoms with van der Waals surface area (Å²) >= 11 is 11.9. The lowest BCUT2D eigenvalue weighted by molar-refractivity contribution is 0.682. The molecule has 100 valence electrons. The highest BCUT2D eigenvalue weighted by molar-refractivity contribution is 7.83. The van der Waals surface area contributed by atoms with Gasteiger partial charge in [-0.05, 0) is 35.7 Å². The number of hydrogen-bond donors (Lipinski definition) is 0. The predicted octanol–water partition coefficient (Wildman–Crippen LogP) is 4.75. The molecule has 0 heterocycles. The van der Waals surface area contributed by atoms with Gasteiger partial charge in [-0.2, -0.15) is 0 Å². The summed E-state index contributed by atoms with van der Waals surface area (Å²) in [6.07, 6.45) is 0. The van der Waals surface area contributed by atoms with Crippen LogP contribution in [0.5, 0.6) is 0 Å². The van der Waals surface area contributed by atoms with Crippen LogP contribution in [-0.2, 0) is 22.3 Å². The SMILES string of the molecule is Cc1ccccc1C[S@@](=O)Cc1ccc(Cl)cc1Cl. The Morgan fingerprint density at radius 1 is 1.00 bits per heavy atom. The van der Waals surface area contributed by atoms with Gasteiger partial charge in [0.2, 0.25) is 0 Å². The van der Waals surface area contributed by atoms with Crippen LogP contribution in [0.25, 0.3) is 0 Å². The van der Waals surface area contributed by atoms with Gasteiger partial charge in [0.15, 0.2) is 0 Å². The molecule has 0 saturated heterocycles. The molecule has 0 fully saturated rings. The van der Waals surface area contributed by atoms with E-state index in [4.69, 9.17) is 23.2 Å². The molecular weight excluding hydrogens is 299 g/mol. The van der Waals surface area contributed by atoms with Gasteiger partial charge < -0.3 is 0 Å². The van der Waals surface area contributed by atoms with Crippen molar-refractivity contribution in [3.63, 3.8) is 0 Å². The van der Waals surface area contributed by atoms with Gasteiger partial charge in [-0.25, -0.2) is 0 Å². The summed E-state index contributed by atoms with van der Waals surface area (Å²) in [6, 6.07) is 13.3. The third-order valence-electron chi connectivity index (χ3n) is 2.91. The van der Waals surface area contributed by atoms with E-state index in [0.29, 0.717) is 21.6 Å². The van der Waals surface area contributed by atoms with E-state index in [2.05, 4.69) is 0 Å². The average Bonchev–Trinajstić information content (AvgIpc) is 2.36. The number of halogens is 2. The van der Waals surface area contributed by atoms with Gasteiger partial charge >= 0.3 is 0 Å². The second-order valence-electron chi connectivity index (χ2n) is 4.39. The van der Waals surface area contributed by atoms with E-state index in [1.54, 1.807) is 12.1 Å². The molecule has 0 aromatic heterocycles. The van der Waals surface area contributed by atoms with E-state index in [-0.39, 0.29) is 0 Å². The third kappa shape index (κ3) is 4.07. The lowest BCUT2D eigenvalue weighted by atomic mass is 10.1. The van der Waals surface area contributed by atoms with Crippen molar-refractivity contribution in [2.45, 2.75) is 18.4 Å². The normalized spacial score (nSPS) is 12.4. The summed E-state index contributed by atoms with van der Waals surface area (Å²) < 4.78 is 12.2. The van der Waals surface area contributed by atoms with Crippen molar-refractivity contribution in [3.8, 4) is 0 Å². The first-order chi connectivity index (χ1) is 9.06. The number of aryl methyl sites for hydroxylation is 1. The number of benzene rings is 2. The van der Waals surface area contributed by atoms with Crippen molar-refractivity contribution in [2.75, 3.05) is 0 Å². The van der Waals surface area contributed by atoms with Gasteiger partial charge in [-0.15, -0.1) is 0 Å². The van der Waals surface area contributed by atoms with Crippen LogP contribution in [0.4, 0.5) is 0 Å². The Morgan fingerprint density at radius 2 is 1.68 bits per heavy atom. The second kappa shape index (κ2) is 6.56. The van der Waals surface area contributed by atoms with Crippen LogP contribution in [0.1, 0.15) is 16.7 Å². The molecule has 0 N–H and O–H groups in total. The topological polar surface area (TPSA) is 17.1 Å². The van der Waals surface area contributed by atoms with Crippen molar-refractivity contribution in [2.24, 2.45) is 0 Å². The molecule has 0 aliphatic rings.